The van der Waals surface area contributed by atoms with Gasteiger partial charge in [-0.25, -0.2) is 9.69 Å². The van der Waals surface area contributed by atoms with E-state index in [1.165, 1.54) is 32.0 Å². The molecule has 2 saturated heterocycles. The van der Waals surface area contributed by atoms with Crippen molar-refractivity contribution in [3.63, 3.8) is 0 Å². The molecular formula is C21H16Cl4N2O5. The van der Waals surface area contributed by atoms with Crippen molar-refractivity contribution in [2.24, 2.45) is 0 Å². The van der Waals surface area contributed by atoms with Gasteiger partial charge in [-0.15, -0.1) is 0 Å². The smallest absolute Gasteiger partial charge is 0.422 e. The fourth-order valence-electron chi connectivity index (χ4n) is 3.08. The second kappa shape index (κ2) is 9.27. The van der Waals surface area contributed by atoms with Crippen LogP contribution < -0.4 is 9.80 Å². The second-order valence-corrected chi connectivity index (χ2v) is 9.14. The van der Waals surface area contributed by atoms with E-state index in [0.717, 1.165) is 9.80 Å². The van der Waals surface area contributed by atoms with Gasteiger partial charge in [-0.1, -0.05) is 46.4 Å². The summed E-state index contributed by atoms with van der Waals surface area (Å²) in [6, 6.07) is 9.13. The first-order chi connectivity index (χ1) is 14.9. The zero-order valence-electron chi connectivity index (χ0n) is 16.8. The van der Waals surface area contributed by atoms with Crippen molar-refractivity contribution in [2.45, 2.75) is 32.3 Å². The van der Waals surface area contributed by atoms with Crippen molar-refractivity contribution < 1.29 is 23.9 Å². The van der Waals surface area contributed by atoms with E-state index in [4.69, 9.17) is 51.1 Å². The van der Waals surface area contributed by atoms with Crippen LogP contribution in [0.5, 0.6) is 0 Å². The lowest BCUT2D eigenvalue weighted by Gasteiger charge is -2.14. The first-order valence-corrected chi connectivity index (χ1v) is 10.8. The summed E-state index contributed by atoms with van der Waals surface area (Å²) in [5.74, 6) is -0.863. The Labute approximate surface area is 203 Å². The molecule has 0 spiro atoms. The van der Waals surface area contributed by atoms with Crippen LogP contribution in [0.25, 0.3) is 0 Å². The molecule has 0 atom stereocenters. The summed E-state index contributed by atoms with van der Waals surface area (Å²) in [4.78, 5) is 48.5. The Balaban J connectivity index is 0.000000182. The number of nitrogens with zero attached hydrogens (tertiary/aromatic N) is 2. The molecule has 0 aromatic heterocycles. The average molecular weight is 518 g/mol. The summed E-state index contributed by atoms with van der Waals surface area (Å²) in [6.45, 7) is 3.05. The Bertz CT molecular complexity index is 1080. The fraction of sp³-hybridized carbons (Fsp3) is 0.238. The van der Waals surface area contributed by atoms with Crippen molar-refractivity contribution in [3.05, 3.63) is 56.5 Å². The quantitative estimate of drug-likeness (QED) is 0.463. The van der Waals surface area contributed by atoms with E-state index in [9.17, 15) is 19.2 Å². The highest BCUT2D eigenvalue weighted by Crippen LogP contribution is 2.32. The van der Waals surface area contributed by atoms with Crippen LogP contribution in [-0.4, -0.2) is 29.4 Å². The molecule has 0 bridgehead atoms. The molecule has 0 saturated carbocycles. The van der Waals surface area contributed by atoms with E-state index < -0.39 is 17.6 Å². The minimum atomic E-state index is -1.16. The van der Waals surface area contributed by atoms with Crippen molar-refractivity contribution in [2.75, 3.05) is 9.80 Å². The van der Waals surface area contributed by atoms with Crippen LogP contribution in [0.4, 0.5) is 16.2 Å². The number of ether oxygens (including phenoxy) is 1. The Morgan fingerprint density at radius 2 is 1.06 bits per heavy atom. The molecule has 0 aliphatic carbocycles. The minimum absolute atomic E-state index is 0.210. The van der Waals surface area contributed by atoms with E-state index in [1.54, 1.807) is 18.2 Å². The minimum Gasteiger partial charge on any atom is -0.433 e. The summed E-state index contributed by atoms with van der Waals surface area (Å²) < 4.78 is 4.96. The Morgan fingerprint density at radius 3 is 1.41 bits per heavy atom. The Morgan fingerprint density at radius 1 is 0.688 bits per heavy atom. The topological polar surface area (TPSA) is 84.0 Å². The van der Waals surface area contributed by atoms with E-state index in [1.807, 2.05) is 0 Å². The second-order valence-electron chi connectivity index (χ2n) is 7.40. The van der Waals surface area contributed by atoms with Gasteiger partial charge in [-0.05, 0) is 50.2 Å². The van der Waals surface area contributed by atoms with Crippen LogP contribution >= 0.6 is 46.4 Å². The number of hydrogen-bond donors (Lipinski definition) is 0. The zero-order valence-corrected chi connectivity index (χ0v) is 19.8. The molecule has 0 N–H and O–H groups in total. The number of hydrogen-bond acceptors (Lipinski definition) is 5. The molecule has 32 heavy (non-hydrogen) atoms. The number of benzene rings is 2. The molecule has 11 heteroatoms. The van der Waals surface area contributed by atoms with E-state index in [-0.39, 0.29) is 24.7 Å². The lowest BCUT2D eigenvalue weighted by atomic mass is 10.1. The molecule has 4 rings (SSSR count). The number of cyclic esters (lactones) is 1. The number of anilines is 2. The van der Waals surface area contributed by atoms with Crippen molar-refractivity contribution >= 4 is 81.6 Å². The molecule has 7 nitrogen and oxygen atoms in total. The van der Waals surface area contributed by atoms with Crippen molar-refractivity contribution in [1.82, 2.24) is 0 Å². The highest BCUT2D eigenvalue weighted by Gasteiger charge is 2.48. The predicted octanol–water partition coefficient (Wildman–Crippen LogP) is 5.90. The number of rotatable bonds is 2. The molecule has 2 heterocycles. The predicted molar refractivity (Wildman–Crippen MR) is 123 cm³/mol. The van der Waals surface area contributed by atoms with Crippen LogP contribution in [0.3, 0.4) is 0 Å². The molecular weight excluding hydrogens is 502 g/mol. The Kier molecular flexibility index (Phi) is 7.05. The van der Waals surface area contributed by atoms with Gasteiger partial charge in [0, 0.05) is 32.9 Å². The van der Waals surface area contributed by atoms with Gasteiger partial charge in [0.25, 0.3) is 5.91 Å². The molecule has 0 radical (unpaired) electrons. The molecule has 4 amide bonds. The Hall–Kier alpha value is -2.32. The van der Waals surface area contributed by atoms with Gasteiger partial charge in [0.15, 0.2) is 5.60 Å². The van der Waals surface area contributed by atoms with Gasteiger partial charge in [0.1, 0.15) is 0 Å². The SMILES string of the molecule is CC1(C)OC(=O)N(c2cc(Cl)cc(Cl)c2)C1=O.O=C1CCC(=O)N1c1cc(Cl)cc(Cl)c1. The van der Waals surface area contributed by atoms with Gasteiger partial charge in [-0.2, -0.15) is 0 Å². The van der Waals surface area contributed by atoms with Crippen LogP contribution in [0.2, 0.25) is 20.1 Å². The monoisotopic (exact) mass is 516 g/mol. The first kappa shape index (κ1) is 24.3. The number of carbonyl (C=O) groups excluding carboxylic acids is 4. The number of imide groups is 2. The maximum atomic E-state index is 12.0. The lowest BCUT2D eigenvalue weighted by molar-refractivity contribution is -0.127. The van der Waals surface area contributed by atoms with Crippen molar-refractivity contribution in [1.29, 1.82) is 0 Å². The first-order valence-electron chi connectivity index (χ1n) is 9.24. The van der Waals surface area contributed by atoms with Crippen molar-refractivity contribution in [3.8, 4) is 0 Å². The summed E-state index contributed by atoms with van der Waals surface area (Å²) in [6.07, 6.45) is -0.218. The molecule has 168 valence electrons. The standard InChI is InChI=1S/C11H9Cl2NO3.C10H7Cl2NO2/c1-11(2)9(15)14(10(16)17-11)8-4-6(12)3-7(13)5-8;11-6-3-7(12)5-8(4-6)13-9(14)1-2-10(13)15/h3-5H,1-2H3;3-5H,1-2H2. The lowest BCUT2D eigenvalue weighted by Crippen LogP contribution is -2.36. The number of carbonyl (C=O) groups is 4. The van der Waals surface area contributed by atoms with Gasteiger partial charge in [0.2, 0.25) is 11.8 Å². The van der Waals surface area contributed by atoms with Gasteiger partial charge < -0.3 is 4.74 Å². The molecule has 2 aliphatic heterocycles. The van der Waals surface area contributed by atoms with E-state index >= 15 is 0 Å². The molecule has 2 aliphatic rings. The third kappa shape index (κ3) is 5.18. The van der Waals surface area contributed by atoms with Crippen LogP contribution in [0, 0.1) is 0 Å². The maximum Gasteiger partial charge on any atom is 0.422 e. The summed E-state index contributed by atoms with van der Waals surface area (Å²) in [5.41, 5.74) is -0.408. The highest BCUT2D eigenvalue weighted by atomic mass is 35.5. The van der Waals surface area contributed by atoms with Gasteiger partial charge in [0.05, 0.1) is 11.4 Å². The van der Waals surface area contributed by atoms with Crippen LogP contribution in [0.1, 0.15) is 26.7 Å². The number of amides is 4. The average Bonchev–Trinajstić information content (AvgIpc) is 3.08. The largest absolute Gasteiger partial charge is 0.433 e. The number of halogens is 4. The summed E-state index contributed by atoms with van der Waals surface area (Å²) >= 11 is 23.2. The zero-order chi connectivity index (χ0) is 23.8. The third-order valence-electron chi connectivity index (χ3n) is 4.51. The van der Waals surface area contributed by atoms with Gasteiger partial charge >= 0.3 is 6.09 Å². The molecule has 2 aromatic carbocycles. The third-order valence-corrected chi connectivity index (χ3v) is 5.38. The highest BCUT2D eigenvalue weighted by molar-refractivity contribution is 6.36. The summed E-state index contributed by atoms with van der Waals surface area (Å²) in [5, 5.41) is 1.51. The normalized spacial score (nSPS) is 17.4. The molecule has 2 aromatic rings. The summed E-state index contributed by atoms with van der Waals surface area (Å²) in [7, 11) is 0. The van der Waals surface area contributed by atoms with E-state index in [0.29, 0.717) is 31.5 Å². The van der Waals surface area contributed by atoms with Crippen LogP contribution in [-0.2, 0) is 19.1 Å². The van der Waals surface area contributed by atoms with E-state index in [2.05, 4.69) is 0 Å². The maximum absolute atomic E-state index is 12.0. The van der Waals surface area contributed by atoms with Gasteiger partial charge in [-0.3, -0.25) is 19.3 Å². The van der Waals surface area contributed by atoms with Crippen LogP contribution in [0.15, 0.2) is 36.4 Å². The fourth-order valence-corrected chi connectivity index (χ4v) is 4.11. The molecule has 0 unspecified atom stereocenters. The molecule has 2 fully saturated rings.